The SMILES string of the molecule is O=C1[C@@H]2[C@@H](C(=O)N1/N=C\c1cc(Br)c(O)cc1O)[C@H]1C=C[C@H]2C12CC2. The molecule has 1 spiro atoms. The van der Waals surface area contributed by atoms with Crippen LogP contribution in [0, 0.1) is 29.1 Å². The number of phenols is 2. The van der Waals surface area contributed by atoms with Crippen LogP contribution in [0.15, 0.2) is 33.9 Å². The van der Waals surface area contributed by atoms with Crippen molar-refractivity contribution >= 4 is 34.0 Å². The maximum Gasteiger partial charge on any atom is 0.254 e. The van der Waals surface area contributed by atoms with Gasteiger partial charge in [-0.1, -0.05) is 12.2 Å². The highest BCUT2D eigenvalue weighted by Crippen LogP contribution is 2.73. The van der Waals surface area contributed by atoms with Crippen molar-refractivity contribution in [2.24, 2.45) is 34.2 Å². The minimum Gasteiger partial charge on any atom is -0.507 e. The van der Waals surface area contributed by atoms with Crippen molar-refractivity contribution in [3.8, 4) is 11.5 Å². The van der Waals surface area contributed by atoms with Gasteiger partial charge in [0.1, 0.15) is 11.5 Å². The average molecular weight is 403 g/mol. The van der Waals surface area contributed by atoms with Gasteiger partial charge in [-0.3, -0.25) is 9.59 Å². The second kappa shape index (κ2) is 4.72. The van der Waals surface area contributed by atoms with Crippen molar-refractivity contribution in [3.63, 3.8) is 0 Å². The summed E-state index contributed by atoms with van der Waals surface area (Å²) in [5.74, 6) is -1.02. The predicted octanol–water partition coefficient (Wildman–Crippen LogP) is 2.39. The second-order valence-corrected chi connectivity index (χ2v) is 8.17. The number of hydrogen-bond acceptors (Lipinski definition) is 5. The topological polar surface area (TPSA) is 90.2 Å². The molecule has 3 aliphatic carbocycles. The molecule has 4 aliphatic rings. The summed E-state index contributed by atoms with van der Waals surface area (Å²) in [5.41, 5.74) is 0.471. The summed E-state index contributed by atoms with van der Waals surface area (Å²) < 4.78 is 0.389. The van der Waals surface area contributed by atoms with Crippen molar-refractivity contribution in [1.82, 2.24) is 5.01 Å². The largest absolute Gasteiger partial charge is 0.507 e. The quantitative estimate of drug-likeness (QED) is 0.451. The first-order chi connectivity index (χ1) is 11.9. The number of rotatable bonds is 2. The lowest BCUT2D eigenvalue weighted by Gasteiger charge is -2.18. The highest BCUT2D eigenvalue weighted by molar-refractivity contribution is 9.10. The van der Waals surface area contributed by atoms with E-state index in [4.69, 9.17) is 0 Å². The summed E-state index contributed by atoms with van der Waals surface area (Å²) in [4.78, 5) is 25.6. The molecule has 1 aromatic rings. The second-order valence-electron chi connectivity index (χ2n) is 7.32. The van der Waals surface area contributed by atoms with Crippen LogP contribution in [0.1, 0.15) is 18.4 Å². The number of allylic oxidation sites excluding steroid dienone is 2. The molecule has 3 fully saturated rings. The Balaban J connectivity index is 1.45. The van der Waals surface area contributed by atoms with Crippen LogP contribution < -0.4 is 0 Å². The van der Waals surface area contributed by atoms with E-state index in [-0.39, 0.29) is 52.4 Å². The monoisotopic (exact) mass is 402 g/mol. The van der Waals surface area contributed by atoms with Crippen LogP contribution in [-0.2, 0) is 9.59 Å². The smallest absolute Gasteiger partial charge is 0.254 e. The molecule has 0 radical (unpaired) electrons. The number of fused-ring (bicyclic) bond motifs is 3. The van der Waals surface area contributed by atoms with Gasteiger partial charge in [-0.15, -0.1) is 0 Å². The van der Waals surface area contributed by atoms with Gasteiger partial charge >= 0.3 is 0 Å². The van der Waals surface area contributed by atoms with Gasteiger partial charge in [0.05, 0.1) is 22.5 Å². The van der Waals surface area contributed by atoms with E-state index in [1.165, 1.54) is 18.3 Å². The van der Waals surface area contributed by atoms with E-state index >= 15 is 0 Å². The van der Waals surface area contributed by atoms with Crippen molar-refractivity contribution in [2.75, 3.05) is 0 Å². The Bertz CT molecular complexity index is 855. The molecule has 6 nitrogen and oxygen atoms in total. The van der Waals surface area contributed by atoms with Crippen LogP contribution in [-0.4, -0.2) is 33.3 Å². The van der Waals surface area contributed by atoms with Crippen molar-refractivity contribution in [3.05, 3.63) is 34.3 Å². The fraction of sp³-hybridized carbons (Fsp3) is 0.389. The fourth-order valence-corrected chi connectivity index (χ4v) is 5.33. The lowest BCUT2D eigenvalue weighted by molar-refractivity contribution is -0.141. The number of hydrogen-bond donors (Lipinski definition) is 2. The molecule has 1 saturated heterocycles. The Morgan fingerprint density at radius 1 is 1.08 bits per heavy atom. The first kappa shape index (κ1) is 15.1. The zero-order chi connectivity index (χ0) is 17.5. The number of amides is 2. The first-order valence-electron chi connectivity index (χ1n) is 8.26. The first-order valence-corrected chi connectivity index (χ1v) is 9.05. The molecular formula is C18H15BrN2O4. The van der Waals surface area contributed by atoms with Gasteiger partial charge in [0, 0.05) is 11.6 Å². The van der Waals surface area contributed by atoms with Crippen molar-refractivity contribution in [2.45, 2.75) is 12.8 Å². The molecule has 4 atom stereocenters. The lowest BCUT2D eigenvalue weighted by atomic mass is 9.85. The van der Waals surface area contributed by atoms with E-state index in [0.717, 1.165) is 17.9 Å². The van der Waals surface area contributed by atoms with E-state index in [1.807, 2.05) is 0 Å². The number of phenolic OH excluding ortho intramolecular Hbond substituents is 2. The molecule has 7 heteroatoms. The number of halogens is 1. The number of carbonyl (C=O) groups excluding carboxylic acids is 2. The summed E-state index contributed by atoms with van der Waals surface area (Å²) in [6, 6.07) is 2.65. The van der Waals surface area contributed by atoms with E-state index < -0.39 is 0 Å². The molecule has 1 aromatic carbocycles. The molecular weight excluding hydrogens is 388 g/mol. The third kappa shape index (κ3) is 1.82. The van der Waals surface area contributed by atoms with Gasteiger partial charge in [-0.05, 0) is 52.1 Å². The highest BCUT2D eigenvalue weighted by atomic mass is 79.9. The molecule has 2 bridgehead atoms. The molecule has 5 rings (SSSR count). The third-order valence-corrected chi connectivity index (χ3v) is 6.87. The number of hydrazone groups is 1. The summed E-state index contributed by atoms with van der Waals surface area (Å²) in [5, 5.41) is 24.4. The fourth-order valence-electron chi connectivity index (χ4n) is 4.97. The maximum atomic E-state index is 12.8. The van der Waals surface area contributed by atoms with Crippen LogP contribution in [0.3, 0.4) is 0 Å². The third-order valence-electron chi connectivity index (χ3n) is 6.24. The Labute approximate surface area is 152 Å². The lowest BCUT2D eigenvalue weighted by Crippen LogP contribution is -2.30. The Hall–Kier alpha value is -2.15. The molecule has 2 N–H and O–H groups in total. The number of imide groups is 1. The van der Waals surface area contributed by atoms with Gasteiger partial charge in [0.15, 0.2) is 0 Å². The van der Waals surface area contributed by atoms with Crippen molar-refractivity contribution in [1.29, 1.82) is 0 Å². The van der Waals surface area contributed by atoms with Crippen molar-refractivity contribution < 1.29 is 19.8 Å². The van der Waals surface area contributed by atoms with E-state index in [2.05, 4.69) is 33.2 Å². The van der Waals surface area contributed by atoms with Gasteiger partial charge in [-0.2, -0.15) is 10.1 Å². The summed E-state index contributed by atoms with van der Waals surface area (Å²) in [6.45, 7) is 0. The number of carbonyl (C=O) groups is 2. The standard InChI is InChI=1S/C18H15BrN2O4/c19-11-5-8(12(22)6-13(11)23)7-20-21-16(24)14-9-1-2-10(15(14)17(21)25)18(9)3-4-18/h1-2,5-7,9-10,14-15,22-23H,3-4H2/b20-7-/t9-,10-,14+,15+/m1/s1. The van der Waals surface area contributed by atoms with Gasteiger partial charge in [-0.25, -0.2) is 0 Å². The molecule has 2 saturated carbocycles. The number of nitrogens with zero attached hydrogens (tertiary/aromatic N) is 2. The molecule has 25 heavy (non-hydrogen) atoms. The molecule has 128 valence electrons. The Morgan fingerprint density at radius 3 is 2.24 bits per heavy atom. The Kier molecular flexibility index (Phi) is 2.86. The normalized spacial score (nSPS) is 33.9. The number of aromatic hydroxyl groups is 2. The van der Waals surface area contributed by atoms with Crippen LogP contribution in [0.5, 0.6) is 11.5 Å². The maximum absolute atomic E-state index is 12.8. The van der Waals surface area contributed by atoms with Crippen LogP contribution in [0.2, 0.25) is 0 Å². The van der Waals surface area contributed by atoms with Crippen LogP contribution in [0.25, 0.3) is 0 Å². The van der Waals surface area contributed by atoms with E-state index in [1.54, 1.807) is 0 Å². The molecule has 2 amide bonds. The van der Waals surface area contributed by atoms with Gasteiger partial charge < -0.3 is 10.2 Å². The molecule has 1 aliphatic heterocycles. The van der Waals surface area contributed by atoms with Crippen LogP contribution >= 0.6 is 15.9 Å². The zero-order valence-corrected chi connectivity index (χ0v) is 14.7. The predicted molar refractivity (Wildman–Crippen MR) is 91.7 cm³/mol. The number of benzene rings is 1. The summed E-state index contributed by atoms with van der Waals surface area (Å²) >= 11 is 3.16. The van der Waals surface area contributed by atoms with Gasteiger partial charge in [0.2, 0.25) is 0 Å². The minimum atomic E-state index is -0.290. The molecule has 1 heterocycles. The summed E-state index contributed by atoms with van der Waals surface area (Å²) in [7, 11) is 0. The molecule has 0 aromatic heterocycles. The zero-order valence-electron chi connectivity index (χ0n) is 13.1. The van der Waals surface area contributed by atoms with Crippen LogP contribution in [0.4, 0.5) is 0 Å². The average Bonchev–Trinajstić information content (AvgIpc) is 3.17. The minimum absolute atomic E-state index is 0.102. The van der Waals surface area contributed by atoms with E-state index in [9.17, 15) is 19.8 Å². The summed E-state index contributed by atoms with van der Waals surface area (Å²) in [6.07, 6.45) is 7.70. The van der Waals surface area contributed by atoms with Gasteiger partial charge in [0.25, 0.3) is 11.8 Å². The van der Waals surface area contributed by atoms with E-state index in [0.29, 0.717) is 10.0 Å². The highest BCUT2D eigenvalue weighted by Gasteiger charge is 2.73. The Morgan fingerprint density at radius 2 is 1.68 bits per heavy atom. The molecule has 0 unspecified atom stereocenters.